The summed E-state index contributed by atoms with van der Waals surface area (Å²) in [6.07, 6.45) is 12.3. The SMILES string of the molecule is CCCCCCCCCn1cc(Cc2ccccc2)nn1. The summed E-state index contributed by atoms with van der Waals surface area (Å²) < 4.78 is 1.99. The van der Waals surface area contributed by atoms with Crippen molar-refractivity contribution in [3.63, 3.8) is 0 Å². The minimum absolute atomic E-state index is 0.873. The Labute approximate surface area is 128 Å². The molecule has 0 saturated carbocycles. The lowest BCUT2D eigenvalue weighted by Crippen LogP contribution is -1.98. The van der Waals surface area contributed by atoms with Gasteiger partial charge in [-0.1, -0.05) is 81.0 Å². The largest absolute Gasteiger partial charge is 0.252 e. The van der Waals surface area contributed by atoms with Gasteiger partial charge in [0, 0.05) is 19.2 Å². The zero-order valence-electron chi connectivity index (χ0n) is 13.2. The third-order valence-corrected chi connectivity index (χ3v) is 3.80. The van der Waals surface area contributed by atoms with Gasteiger partial charge < -0.3 is 0 Å². The maximum atomic E-state index is 4.26. The highest BCUT2D eigenvalue weighted by Crippen LogP contribution is 2.09. The van der Waals surface area contributed by atoms with Crippen LogP contribution in [0.3, 0.4) is 0 Å². The molecule has 1 aromatic carbocycles. The molecule has 114 valence electrons. The molecule has 2 rings (SSSR count). The molecule has 0 aliphatic rings. The van der Waals surface area contributed by atoms with Crippen molar-refractivity contribution in [1.82, 2.24) is 15.0 Å². The van der Waals surface area contributed by atoms with Crippen LogP contribution in [-0.4, -0.2) is 15.0 Å². The lowest BCUT2D eigenvalue weighted by atomic mass is 10.1. The standard InChI is InChI=1S/C18H27N3/c1-2-3-4-5-6-7-11-14-21-16-18(19-20-21)15-17-12-9-8-10-13-17/h8-10,12-13,16H,2-7,11,14-15H2,1H3. The predicted molar refractivity (Wildman–Crippen MR) is 87.3 cm³/mol. The fourth-order valence-corrected chi connectivity index (χ4v) is 2.56. The number of hydrogen-bond donors (Lipinski definition) is 0. The highest BCUT2D eigenvalue weighted by Gasteiger charge is 2.02. The molecule has 0 atom stereocenters. The second kappa shape index (κ2) is 9.32. The zero-order valence-corrected chi connectivity index (χ0v) is 13.2. The summed E-state index contributed by atoms with van der Waals surface area (Å²) in [6.45, 7) is 3.26. The van der Waals surface area contributed by atoms with Gasteiger partial charge in [-0.3, -0.25) is 4.68 Å². The van der Waals surface area contributed by atoms with Gasteiger partial charge in [-0.15, -0.1) is 5.10 Å². The Kier molecular flexibility index (Phi) is 6.99. The summed E-state index contributed by atoms with van der Waals surface area (Å²) in [5, 5.41) is 8.49. The van der Waals surface area contributed by atoms with Crippen molar-refractivity contribution in [1.29, 1.82) is 0 Å². The fourth-order valence-electron chi connectivity index (χ4n) is 2.56. The maximum Gasteiger partial charge on any atom is 0.0870 e. The minimum atomic E-state index is 0.873. The van der Waals surface area contributed by atoms with E-state index in [0.717, 1.165) is 18.7 Å². The van der Waals surface area contributed by atoms with Gasteiger partial charge in [0.1, 0.15) is 0 Å². The third kappa shape index (κ3) is 6.11. The van der Waals surface area contributed by atoms with Crippen molar-refractivity contribution in [2.75, 3.05) is 0 Å². The maximum absolute atomic E-state index is 4.26. The minimum Gasteiger partial charge on any atom is -0.252 e. The second-order valence-corrected chi connectivity index (χ2v) is 5.76. The molecule has 0 spiro atoms. The first kappa shape index (κ1) is 15.7. The molecule has 0 saturated heterocycles. The number of benzene rings is 1. The molecular weight excluding hydrogens is 258 g/mol. The average molecular weight is 285 g/mol. The summed E-state index contributed by atoms with van der Waals surface area (Å²) in [6, 6.07) is 10.4. The third-order valence-electron chi connectivity index (χ3n) is 3.80. The molecule has 21 heavy (non-hydrogen) atoms. The van der Waals surface area contributed by atoms with E-state index in [-0.39, 0.29) is 0 Å². The molecule has 0 amide bonds. The molecule has 0 N–H and O–H groups in total. The van der Waals surface area contributed by atoms with E-state index < -0.39 is 0 Å². The fraction of sp³-hybridized carbons (Fsp3) is 0.556. The predicted octanol–water partition coefficient (Wildman–Crippen LogP) is 4.62. The van der Waals surface area contributed by atoms with Crippen LogP contribution in [0.1, 0.15) is 63.1 Å². The average Bonchev–Trinajstić information content (AvgIpc) is 2.95. The monoisotopic (exact) mass is 285 g/mol. The normalized spacial score (nSPS) is 10.9. The van der Waals surface area contributed by atoms with Gasteiger partial charge in [-0.2, -0.15) is 0 Å². The first-order valence-electron chi connectivity index (χ1n) is 8.31. The Morgan fingerprint density at radius 3 is 2.38 bits per heavy atom. The van der Waals surface area contributed by atoms with Crippen LogP contribution in [0.2, 0.25) is 0 Å². The Hall–Kier alpha value is -1.64. The molecule has 3 nitrogen and oxygen atoms in total. The van der Waals surface area contributed by atoms with E-state index in [1.165, 1.54) is 50.5 Å². The van der Waals surface area contributed by atoms with E-state index >= 15 is 0 Å². The molecule has 2 aromatic rings. The van der Waals surface area contributed by atoms with Crippen LogP contribution in [0, 0.1) is 0 Å². The number of unbranched alkanes of at least 4 members (excludes halogenated alkanes) is 6. The van der Waals surface area contributed by atoms with Gasteiger partial charge in [0.05, 0.1) is 5.69 Å². The van der Waals surface area contributed by atoms with Crippen molar-refractivity contribution < 1.29 is 0 Å². The van der Waals surface area contributed by atoms with Crippen LogP contribution in [0.15, 0.2) is 36.5 Å². The Bertz CT molecular complexity index is 490. The highest BCUT2D eigenvalue weighted by molar-refractivity contribution is 5.19. The van der Waals surface area contributed by atoms with E-state index in [1.807, 2.05) is 10.7 Å². The van der Waals surface area contributed by atoms with E-state index in [9.17, 15) is 0 Å². The zero-order chi connectivity index (χ0) is 14.8. The lowest BCUT2D eigenvalue weighted by Gasteiger charge is -2.01. The lowest BCUT2D eigenvalue weighted by molar-refractivity contribution is 0.513. The van der Waals surface area contributed by atoms with Crippen molar-refractivity contribution >= 4 is 0 Å². The van der Waals surface area contributed by atoms with Crippen molar-refractivity contribution in [2.45, 2.75) is 64.8 Å². The van der Waals surface area contributed by atoms with Crippen molar-refractivity contribution in [3.05, 3.63) is 47.8 Å². The smallest absolute Gasteiger partial charge is 0.0870 e. The van der Waals surface area contributed by atoms with E-state index in [0.29, 0.717) is 0 Å². The molecule has 0 aliphatic heterocycles. The molecule has 0 aliphatic carbocycles. The Balaban J connectivity index is 1.64. The Morgan fingerprint density at radius 1 is 0.905 bits per heavy atom. The van der Waals surface area contributed by atoms with Crippen LogP contribution in [0.4, 0.5) is 0 Å². The van der Waals surface area contributed by atoms with Crippen LogP contribution in [-0.2, 0) is 13.0 Å². The highest BCUT2D eigenvalue weighted by atomic mass is 15.4. The van der Waals surface area contributed by atoms with Crippen LogP contribution in [0.25, 0.3) is 0 Å². The number of aromatic nitrogens is 3. The summed E-state index contributed by atoms with van der Waals surface area (Å²) in [4.78, 5) is 0. The molecule has 0 bridgehead atoms. The number of rotatable bonds is 10. The summed E-state index contributed by atoms with van der Waals surface area (Å²) in [5.41, 5.74) is 2.35. The van der Waals surface area contributed by atoms with Crippen LogP contribution >= 0.6 is 0 Å². The topological polar surface area (TPSA) is 30.7 Å². The van der Waals surface area contributed by atoms with Crippen LogP contribution < -0.4 is 0 Å². The first-order valence-corrected chi connectivity index (χ1v) is 8.31. The first-order chi connectivity index (χ1) is 10.4. The van der Waals surface area contributed by atoms with Gasteiger partial charge in [0.25, 0.3) is 0 Å². The number of aryl methyl sites for hydroxylation is 1. The summed E-state index contributed by atoms with van der Waals surface area (Å²) >= 11 is 0. The molecule has 0 fully saturated rings. The molecule has 0 radical (unpaired) electrons. The van der Waals surface area contributed by atoms with Gasteiger partial charge in [-0.25, -0.2) is 0 Å². The molecule has 1 heterocycles. The molecular formula is C18H27N3. The van der Waals surface area contributed by atoms with Gasteiger partial charge in [0.2, 0.25) is 0 Å². The number of hydrogen-bond acceptors (Lipinski definition) is 2. The summed E-state index contributed by atoms with van der Waals surface area (Å²) in [7, 11) is 0. The van der Waals surface area contributed by atoms with Gasteiger partial charge in [-0.05, 0) is 12.0 Å². The van der Waals surface area contributed by atoms with Gasteiger partial charge >= 0.3 is 0 Å². The molecule has 0 unspecified atom stereocenters. The van der Waals surface area contributed by atoms with Crippen molar-refractivity contribution in [2.24, 2.45) is 0 Å². The summed E-state index contributed by atoms with van der Waals surface area (Å²) in [5.74, 6) is 0. The van der Waals surface area contributed by atoms with Crippen LogP contribution in [0.5, 0.6) is 0 Å². The Morgan fingerprint density at radius 2 is 1.62 bits per heavy atom. The quantitative estimate of drug-likeness (QED) is 0.596. The van der Waals surface area contributed by atoms with Crippen molar-refractivity contribution in [3.8, 4) is 0 Å². The van der Waals surface area contributed by atoms with E-state index in [1.54, 1.807) is 0 Å². The number of nitrogens with zero attached hydrogens (tertiary/aromatic N) is 3. The molecule has 3 heteroatoms. The second-order valence-electron chi connectivity index (χ2n) is 5.76. The van der Waals surface area contributed by atoms with E-state index in [4.69, 9.17) is 0 Å². The van der Waals surface area contributed by atoms with E-state index in [2.05, 4.69) is 47.7 Å². The molecule has 1 aromatic heterocycles. The van der Waals surface area contributed by atoms with Gasteiger partial charge in [0.15, 0.2) is 0 Å².